The molecule has 0 fully saturated rings. The third kappa shape index (κ3) is 5.20. The van der Waals surface area contributed by atoms with Crippen LogP contribution < -0.4 is 10.2 Å². The summed E-state index contributed by atoms with van der Waals surface area (Å²) in [5.74, 6) is -0.107. The van der Waals surface area contributed by atoms with E-state index < -0.39 is 0 Å². The van der Waals surface area contributed by atoms with Crippen molar-refractivity contribution < 1.29 is 9.59 Å². The molecule has 2 aromatic rings. The maximum absolute atomic E-state index is 12.0. The molecule has 2 rings (SSSR count). The molecule has 0 atom stereocenters. The molecule has 2 amide bonds. The number of para-hydroxylation sites is 1. The fourth-order valence-corrected chi connectivity index (χ4v) is 2.88. The summed E-state index contributed by atoms with van der Waals surface area (Å²) >= 11 is 3.45. The molecule has 126 valence electrons. The smallest absolute Gasteiger partial charge is 0.224 e. The Morgan fingerprint density at radius 1 is 1.08 bits per heavy atom. The molecule has 0 aliphatic carbocycles. The highest BCUT2D eigenvalue weighted by atomic mass is 79.9. The zero-order valence-corrected chi connectivity index (χ0v) is 15.5. The van der Waals surface area contributed by atoms with Gasteiger partial charge in [-0.25, -0.2) is 0 Å². The lowest BCUT2D eigenvalue weighted by Gasteiger charge is -2.22. The molecular weight excluding hydrogens is 368 g/mol. The summed E-state index contributed by atoms with van der Waals surface area (Å²) < 4.78 is 0.853. The van der Waals surface area contributed by atoms with Crippen LogP contribution in [0.4, 0.5) is 5.69 Å². The van der Waals surface area contributed by atoms with Crippen molar-refractivity contribution in [2.24, 2.45) is 0 Å². The van der Waals surface area contributed by atoms with Crippen LogP contribution in [0.2, 0.25) is 0 Å². The number of anilines is 1. The van der Waals surface area contributed by atoms with Crippen molar-refractivity contribution in [1.82, 2.24) is 5.32 Å². The van der Waals surface area contributed by atoms with E-state index in [9.17, 15) is 9.59 Å². The van der Waals surface area contributed by atoms with E-state index in [1.54, 1.807) is 4.90 Å². The second-order valence-electron chi connectivity index (χ2n) is 5.63. The van der Waals surface area contributed by atoms with E-state index in [1.807, 2.05) is 55.5 Å². The first-order valence-corrected chi connectivity index (χ1v) is 8.61. The molecule has 4 nitrogen and oxygen atoms in total. The van der Waals surface area contributed by atoms with Crippen LogP contribution >= 0.6 is 15.9 Å². The third-order valence-electron chi connectivity index (χ3n) is 3.67. The lowest BCUT2D eigenvalue weighted by molar-refractivity contribution is -0.121. The summed E-state index contributed by atoms with van der Waals surface area (Å²) in [5, 5.41) is 2.87. The molecule has 0 aromatic heterocycles. The lowest BCUT2D eigenvalue weighted by atomic mass is 10.1. The SMILES string of the molecule is CC(=O)N(CCNC(=O)Cc1ccc(C)cc1)c1ccccc1Br. The van der Waals surface area contributed by atoms with Gasteiger partial charge in [0.05, 0.1) is 12.1 Å². The number of carbonyl (C=O) groups is 2. The number of nitrogens with one attached hydrogen (secondary N) is 1. The van der Waals surface area contributed by atoms with E-state index in [0.29, 0.717) is 19.5 Å². The van der Waals surface area contributed by atoms with Crippen molar-refractivity contribution in [3.8, 4) is 0 Å². The Bertz CT molecular complexity index is 714. The normalized spacial score (nSPS) is 10.3. The van der Waals surface area contributed by atoms with Gasteiger partial charge in [-0.2, -0.15) is 0 Å². The van der Waals surface area contributed by atoms with Gasteiger partial charge in [-0.05, 0) is 40.5 Å². The van der Waals surface area contributed by atoms with E-state index >= 15 is 0 Å². The lowest BCUT2D eigenvalue weighted by Crippen LogP contribution is -2.38. The Morgan fingerprint density at radius 3 is 2.38 bits per heavy atom. The van der Waals surface area contributed by atoms with Crippen LogP contribution in [0.3, 0.4) is 0 Å². The Balaban J connectivity index is 1.89. The number of nitrogens with zero attached hydrogens (tertiary/aromatic N) is 1. The highest BCUT2D eigenvalue weighted by Crippen LogP contribution is 2.25. The number of halogens is 1. The molecule has 24 heavy (non-hydrogen) atoms. The first-order valence-electron chi connectivity index (χ1n) is 7.82. The van der Waals surface area contributed by atoms with Crippen LogP contribution in [-0.2, 0) is 16.0 Å². The molecule has 0 spiro atoms. The number of carbonyl (C=O) groups excluding carboxylic acids is 2. The molecule has 0 heterocycles. The van der Waals surface area contributed by atoms with Crippen LogP contribution in [0.5, 0.6) is 0 Å². The average Bonchev–Trinajstić information content (AvgIpc) is 2.54. The van der Waals surface area contributed by atoms with Gasteiger partial charge in [-0.1, -0.05) is 42.0 Å². The summed E-state index contributed by atoms with van der Waals surface area (Å²) in [6, 6.07) is 15.4. The van der Waals surface area contributed by atoms with Gasteiger partial charge in [0.15, 0.2) is 0 Å². The maximum atomic E-state index is 12.0. The molecule has 2 aromatic carbocycles. The minimum atomic E-state index is -0.0605. The Hall–Kier alpha value is -2.14. The monoisotopic (exact) mass is 388 g/mol. The molecule has 0 radical (unpaired) electrons. The second-order valence-corrected chi connectivity index (χ2v) is 6.49. The molecule has 0 aliphatic rings. The minimum absolute atomic E-state index is 0.0468. The summed E-state index contributed by atoms with van der Waals surface area (Å²) in [4.78, 5) is 25.6. The summed E-state index contributed by atoms with van der Waals surface area (Å²) in [6.45, 7) is 4.37. The van der Waals surface area contributed by atoms with E-state index in [0.717, 1.165) is 15.7 Å². The second kappa shape index (κ2) is 8.64. The topological polar surface area (TPSA) is 49.4 Å². The largest absolute Gasteiger partial charge is 0.354 e. The third-order valence-corrected chi connectivity index (χ3v) is 4.34. The highest BCUT2D eigenvalue weighted by Gasteiger charge is 2.14. The first kappa shape index (κ1) is 18.2. The molecule has 5 heteroatoms. The number of hydrogen-bond acceptors (Lipinski definition) is 2. The van der Waals surface area contributed by atoms with Gasteiger partial charge in [0.25, 0.3) is 0 Å². The van der Waals surface area contributed by atoms with Crippen LogP contribution in [0.25, 0.3) is 0 Å². The molecule has 1 N–H and O–H groups in total. The summed E-state index contributed by atoms with van der Waals surface area (Å²) in [7, 11) is 0. The van der Waals surface area contributed by atoms with Gasteiger partial charge in [0, 0.05) is 24.5 Å². The Kier molecular flexibility index (Phi) is 6.55. The van der Waals surface area contributed by atoms with Crippen molar-refractivity contribution in [1.29, 1.82) is 0 Å². The molecule has 0 unspecified atom stereocenters. The van der Waals surface area contributed by atoms with Gasteiger partial charge in [-0.15, -0.1) is 0 Å². The molecule has 0 bridgehead atoms. The Labute approximate surface area is 151 Å². The zero-order chi connectivity index (χ0) is 17.5. The van der Waals surface area contributed by atoms with Gasteiger partial charge in [-0.3, -0.25) is 9.59 Å². The first-order chi connectivity index (χ1) is 11.5. The fourth-order valence-electron chi connectivity index (χ4n) is 2.38. The van der Waals surface area contributed by atoms with Crippen molar-refractivity contribution in [2.75, 3.05) is 18.0 Å². The van der Waals surface area contributed by atoms with E-state index in [1.165, 1.54) is 12.5 Å². The van der Waals surface area contributed by atoms with E-state index in [-0.39, 0.29) is 11.8 Å². The van der Waals surface area contributed by atoms with Crippen molar-refractivity contribution >= 4 is 33.4 Å². The average molecular weight is 389 g/mol. The molecule has 0 saturated carbocycles. The van der Waals surface area contributed by atoms with E-state index in [2.05, 4.69) is 21.2 Å². The highest BCUT2D eigenvalue weighted by molar-refractivity contribution is 9.10. The predicted molar refractivity (Wildman–Crippen MR) is 100 cm³/mol. The van der Waals surface area contributed by atoms with Gasteiger partial charge < -0.3 is 10.2 Å². The Morgan fingerprint density at radius 2 is 1.75 bits per heavy atom. The number of benzene rings is 2. The molecule has 0 aliphatic heterocycles. The van der Waals surface area contributed by atoms with Crippen LogP contribution in [0.15, 0.2) is 53.0 Å². The molecular formula is C19H21BrN2O2. The number of rotatable bonds is 6. The fraction of sp³-hybridized carbons (Fsp3) is 0.263. The van der Waals surface area contributed by atoms with Crippen LogP contribution in [-0.4, -0.2) is 24.9 Å². The molecule has 0 saturated heterocycles. The minimum Gasteiger partial charge on any atom is -0.354 e. The number of amides is 2. The number of aryl methyl sites for hydroxylation is 1. The zero-order valence-electron chi connectivity index (χ0n) is 13.9. The predicted octanol–water partition coefficient (Wildman–Crippen LogP) is 3.47. The summed E-state index contributed by atoms with van der Waals surface area (Å²) in [5.41, 5.74) is 2.95. The maximum Gasteiger partial charge on any atom is 0.224 e. The van der Waals surface area contributed by atoms with Gasteiger partial charge in [0.1, 0.15) is 0 Å². The van der Waals surface area contributed by atoms with Gasteiger partial charge >= 0.3 is 0 Å². The summed E-state index contributed by atoms with van der Waals surface area (Å²) in [6.07, 6.45) is 0.343. The standard InChI is InChI=1S/C19H21BrN2O2/c1-14-7-9-16(10-8-14)13-19(24)21-11-12-22(15(2)23)18-6-4-3-5-17(18)20/h3-10H,11-13H2,1-2H3,(H,21,24). The van der Waals surface area contributed by atoms with Crippen LogP contribution in [0.1, 0.15) is 18.1 Å². The van der Waals surface area contributed by atoms with Gasteiger partial charge in [0.2, 0.25) is 11.8 Å². The van der Waals surface area contributed by atoms with Crippen LogP contribution in [0, 0.1) is 6.92 Å². The quantitative estimate of drug-likeness (QED) is 0.823. The van der Waals surface area contributed by atoms with E-state index in [4.69, 9.17) is 0 Å². The van der Waals surface area contributed by atoms with Crippen molar-refractivity contribution in [2.45, 2.75) is 20.3 Å². The van der Waals surface area contributed by atoms with Crippen molar-refractivity contribution in [3.63, 3.8) is 0 Å². The van der Waals surface area contributed by atoms with Crippen molar-refractivity contribution in [3.05, 3.63) is 64.1 Å². The number of hydrogen-bond donors (Lipinski definition) is 1.